The second-order valence-electron chi connectivity index (χ2n) is 5.83. The van der Waals surface area contributed by atoms with Crippen LogP contribution in [0.25, 0.3) is 0 Å². The molecule has 9 heteroatoms. The number of esters is 1. The van der Waals surface area contributed by atoms with Crippen molar-refractivity contribution in [1.29, 1.82) is 0 Å². The SMILES string of the molecule is COC(=O)c1ccc(CCCN(CCOc2cccc(Cl)c2)S(C)(=O)=O)s1. The highest BCUT2D eigenvalue weighted by molar-refractivity contribution is 7.88. The van der Waals surface area contributed by atoms with Gasteiger partial charge in [-0.1, -0.05) is 17.7 Å². The fourth-order valence-electron chi connectivity index (χ4n) is 2.42. The number of carbonyl (C=O) groups is 1. The highest BCUT2D eigenvalue weighted by Gasteiger charge is 2.17. The summed E-state index contributed by atoms with van der Waals surface area (Å²) in [6, 6.07) is 10.6. The molecule has 1 heterocycles. The third kappa shape index (κ3) is 7.14. The molecular weight excluding hydrogens is 410 g/mol. The van der Waals surface area contributed by atoms with Crippen LogP contribution in [0.3, 0.4) is 0 Å². The summed E-state index contributed by atoms with van der Waals surface area (Å²) in [5, 5.41) is 0.565. The number of rotatable bonds is 10. The van der Waals surface area contributed by atoms with Crippen LogP contribution in [0.5, 0.6) is 5.75 Å². The fourth-order valence-corrected chi connectivity index (χ4v) is 4.43. The number of carbonyl (C=O) groups excluding carboxylic acids is 1. The van der Waals surface area contributed by atoms with E-state index in [9.17, 15) is 13.2 Å². The summed E-state index contributed by atoms with van der Waals surface area (Å²) in [5.41, 5.74) is 0. The van der Waals surface area contributed by atoms with E-state index in [4.69, 9.17) is 16.3 Å². The zero-order valence-corrected chi connectivity index (χ0v) is 17.6. The molecule has 0 bridgehead atoms. The highest BCUT2D eigenvalue weighted by atomic mass is 35.5. The summed E-state index contributed by atoms with van der Waals surface area (Å²) in [6.45, 7) is 0.866. The van der Waals surface area contributed by atoms with E-state index in [-0.39, 0.29) is 19.1 Å². The van der Waals surface area contributed by atoms with Crippen LogP contribution < -0.4 is 4.74 Å². The number of thiophene rings is 1. The first-order valence-corrected chi connectivity index (χ1v) is 11.3. The maximum Gasteiger partial charge on any atom is 0.348 e. The van der Waals surface area contributed by atoms with Crippen molar-refractivity contribution in [3.63, 3.8) is 0 Å². The van der Waals surface area contributed by atoms with Crippen molar-refractivity contribution in [1.82, 2.24) is 4.31 Å². The van der Waals surface area contributed by atoms with Gasteiger partial charge < -0.3 is 9.47 Å². The molecule has 0 saturated heterocycles. The summed E-state index contributed by atoms with van der Waals surface area (Å²) < 4.78 is 35.6. The van der Waals surface area contributed by atoms with E-state index >= 15 is 0 Å². The molecule has 0 radical (unpaired) electrons. The van der Waals surface area contributed by atoms with E-state index in [0.717, 1.165) is 4.88 Å². The predicted octanol–water partition coefficient (Wildman–Crippen LogP) is 3.46. The summed E-state index contributed by atoms with van der Waals surface area (Å²) >= 11 is 7.26. The number of methoxy groups -OCH3 is 1. The Bertz CT molecular complexity index is 866. The van der Waals surface area contributed by atoms with Crippen molar-refractivity contribution in [3.8, 4) is 5.75 Å². The lowest BCUT2D eigenvalue weighted by molar-refractivity contribution is 0.0606. The molecule has 0 amide bonds. The summed E-state index contributed by atoms with van der Waals surface area (Å²) in [7, 11) is -1.99. The van der Waals surface area contributed by atoms with E-state index < -0.39 is 10.0 Å². The van der Waals surface area contributed by atoms with Gasteiger partial charge in [0.15, 0.2) is 0 Å². The predicted molar refractivity (Wildman–Crippen MR) is 107 cm³/mol. The molecule has 0 atom stereocenters. The minimum Gasteiger partial charge on any atom is -0.492 e. The average Bonchev–Trinajstić information content (AvgIpc) is 3.08. The van der Waals surface area contributed by atoms with Crippen LogP contribution in [-0.2, 0) is 21.2 Å². The Kier molecular flexibility index (Phi) is 8.09. The zero-order valence-electron chi connectivity index (χ0n) is 15.2. The Hall–Kier alpha value is -1.61. The van der Waals surface area contributed by atoms with Gasteiger partial charge in [0.1, 0.15) is 17.2 Å². The van der Waals surface area contributed by atoms with Crippen molar-refractivity contribution in [2.75, 3.05) is 33.1 Å². The van der Waals surface area contributed by atoms with Gasteiger partial charge in [0.25, 0.3) is 0 Å². The molecule has 0 spiro atoms. The third-order valence-corrected chi connectivity index (χ3v) is 6.42. The number of sulfonamides is 1. The number of nitrogens with zero attached hydrogens (tertiary/aromatic N) is 1. The fraction of sp³-hybridized carbons (Fsp3) is 0.389. The molecule has 0 aliphatic heterocycles. The van der Waals surface area contributed by atoms with Crippen LogP contribution in [0, 0.1) is 0 Å². The Balaban J connectivity index is 1.84. The lowest BCUT2D eigenvalue weighted by Gasteiger charge is -2.20. The van der Waals surface area contributed by atoms with Gasteiger partial charge in [0.2, 0.25) is 10.0 Å². The number of hydrogen-bond acceptors (Lipinski definition) is 6. The molecule has 0 aliphatic rings. The molecule has 0 aliphatic carbocycles. The van der Waals surface area contributed by atoms with Gasteiger partial charge in [-0.15, -0.1) is 11.3 Å². The van der Waals surface area contributed by atoms with E-state index in [1.165, 1.54) is 29.0 Å². The van der Waals surface area contributed by atoms with Crippen LogP contribution >= 0.6 is 22.9 Å². The summed E-state index contributed by atoms with van der Waals surface area (Å²) in [5.74, 6) is 0.243. The van der Waals surface area contributed by atoms with Gasteiger partial charge >= 0.3 is 5.97 Å². The van der Waals surface area contributed by atoms with E-state index in [2.05, 4.69) is 4.74 Å². The number of ether oxygens (including phenoxy) is 2. The first kappa shape index (κ1) is 21.7. The first-order valence-electron chi connectivity index (χ1n) is 8.30. The smallest absolute Gasteiger partial charge is 0.348 e. The standard InChI is InChI=1S/C18H22ClNO5S2/c1-24-18(21)17-9-8-16(26-17)7-4-10-20(27(2,22)23)11-12-25-15-6-3-5-14(19)13-15/h3,5-6,8-9,13H,4,7,10-12H2,1-2H3. The van der Waals surface area contributed by atoms with Crippen molar-refractivity contribution >= 4 is 38.9 Å². The maximum absolute atomic E-state index is 12.0. The van der Waals surface area contributed by atoms with Crippen LogP contribution in [-0.4, -0.2) is 51.8 Å². The zero-order chi connectivity index (χ0) is 19.9. The Morgan fingerprint density at radius 3 is 2.67 bits per heavy atom. The lowest BCUT2D eigenvalue weighted by atomic mass is 10.2. The molecule has 6 nitrogen and oxygen atoms in total. The second kappa shape index (κ2) is 10.1. The van der Waals surface area contributed by atoms with Gasteiger partial charge in [0, 0.05) is 23.0 Å². The van der Waals surface area contributed by atoms with Gasteiger partial charge in [0.05, 0.1) is 13.4 Å². The average molecular weight is 432 g/mol. The normalized spacial score (nSPS) is 11.6. The molecule has 27 heavy (non-hydrogen) atoms. The lowest BCUT2D eigenvalue weighted by Crippen LogP contribution is -2.34. The first-order chi connectivity index (χ1) is 12.8. The Labute approximate surface area is 168 Å². The Morgan fingerprint density at radius 2 is 2.00 bits per heavy atom. The van der Waals surface area contributed by atoms with Crippen molar-refractivity contribution in [2.45, 2.75) is 12.8 Å². The van der Waals surface area contributed by atoms with Crippen LogP contribution in [0.1, 0.15) is 21.0 Å². The van der Waals surface area contributed by atoms with Crippen molar-refractivity contribution in [3.05, 3.63) is 51.2 Å². The van der Waals surface area contributed by atoms with E-state index in [1.807, 2.05) is 6.07 Å². The van der Waals surface area contributed by atoms with E-state index in [1.54, 1.807) is 30.3 Å². The van der Waals surface area contributed by atoms with Crippen LogP contribution in [0.4, 0.5) is 0 Å². The third-order valence-electron chi connectivity index (χ3n) is 3.75. The molecule has 1 aromatic carbocycles. The number of benzene rings is 1. The minimum absolute atomic E-state index is 0.235. The Morgan fingerprint density at radius 1 is 1.22 bits per heavy atom. The number of halogens is 1. The molecule has 2 aromatic rings. The van der Waals surface area contributed by atoms with Crippen LogP contribution in [0.15, 0.2) is 36.4 Å². The highest BCUT2D eigenvalue weighted by Crippen LogP contribution is 2.20. The minimum atomic E-state index is -3.34. The maximum atomic E-state index is 12.0. The van der Waals surface area contributed by atoms with Crippen molar-refractivity contribution in [2.24, 2.45) is 0 Å². The number of aryl methyl sites for hydroxylation is 1. The van der Waals surface area contributed by atoms with Gasteiger partial charge in [-0.05, 0) is 43.2 Å². The van der Waals surface area contributed by atoms with Crippen LogP contribution in [0.2, 0.25) is 5.02 Å². The molecular formula is C18H22ClNO5S2. The molecule has 1 aromatic heterocycles. The summed E-state index contributed by atoms with van der Waals surface area (Å²) in [6.07, 6.45) is 2.51. The molecule has 0 N–H and O–H groups in total. The topological polar surface area (TPSA) is 72.9 Å². The van der Waals surface area contributed by atoms with Crippen molar-refractivity contribution < 1.29 is 22.7 Å². The number of hydrogen-bond donors (Lipinski definition) is 0. The molecule has 2 rings (SSSR count). The molecule has 0 fully saturated rings. The largest absolute Gasteiger partial charge is 0.492 e. The second-order valence-corrected chi connectivity index (χ2v) is 9.42. The monoisotopic (exact) mass is 431 g/mol. The molecule has 0 saturated carbocycles. The van der Waals surface area contributed by atoms with Gasteiger partial charge in [-0.3, -0.25) is 0 Å². The van der Waals surface area contributed by atoms with E-state index in [0.29, 0.717) is 35.0 Å². The molecule has 148 valence electrons. The quantitative estimate of drug-likeness (QED) is 0.538. The van der Waals surface area contributed by atoms with Gasteiger partial charge in [-0.25, -0.2) is 13.2 Å². The summed E-state index contributed by atoms with van der Waals surface area (Å²) in [4.78, 5) is 13.0. The molecule has 0 unspecified atom stereocenters. The van der Waals surface area contributed by atoms with Gasteiger partial charge in [-0.2, -0.15) is 4.31 Å².